The molecule has 0 saturated carbocycles. The summed E-state index contributed by atoms with van der Waals surface area (Å²) >= 11 is 0. The lowest BCUT2D eigenvalue weighted by molar-refractivity contribution is 0.0946. The number of carbonyl (C=O) groups is 1. The fraction of sp³-hybridized carbons (Fsp3) is 0.280. The number of fused-ring (bicyclic) bond motifs is 1. The average molecular weight is 460 g/mol. The Morgan fingerprint density at radius 2 is 2.06 bits per heavy atom. The van der Waals surface area contributed by atoms with Crippen LogP contribution in [0.25, 0.3) is 22.3 Å². The SMILES string of the molecule is Cc1ccc(F)c(C(=O)NCc2ccc(-c3nn([C@@H]4CCCNC4)c4ncnc(N)c34)cc2)c1. The van der Waals surface area contributed by atoms with Gasteiger partial charge in [0.05, 0.1) is 17.0 Å². The Balaban J connectivity index is 1.38. The van der Waals surface area contributed by atoms with Crippen LogP contribution < -0.4 is 16.4 Å². The maximum Gasteiger partial charge on any atom is 0.254 e. The van der Waals surface area contributed by atoms with E-state index in [4.69, 9.17) is 10.8 Å². The highest BCUT2D eigenvalue weighted by Gasteiger charge is 2.23. The van der Waals surface area contributed by atoms with Crippen LogP contribution in [0.1, 0.15) is 40.4 Å². The highest BCUT2D eigenvalue weighted by Crippen LogP contribution is 2.33. The predicted octanol–water partition coefficient (Wildman–Crippen LogP) is 3.38. The number of rotatable bonds is 5. The Kier molecular flexibility index (Phi) is 5.93. The molecule has 0 radical (unpaired) electrons. The molecule has 1 fully saturated rings. The molecule has 0 spiro atoms. The van der Waals surface area contributed by atoms with E-state index in [1.165, 1.54) is 12.4 Å². The third kappa shape index (κ3) is 4.22. The standard InChI is InChI=1S/C25H26FN7O/c1-15-4-9-20(26)19(11-15)25(34)29-12-16-5-7-17(8-6-16)22-21-23(27)30-14-31-24(21)33(32-22)18-3-2-10-28-13-18/h4-9,11,14,18,28H,2-3,10,12-13H2,1H3,(H,29,34)(H2,27,30,31)/t18-/m1/s1. The second kappa shape index (κ2) is 9.18. The van der Waals surface area contributed by atoms with E-state index in [0.717, 1.165) is 59.3 Å². The molecule has 1 aliphatic rings. The Morgan fingerprint density at radius 3 is 2.82 bits per heavy atom. The van der Waals surface area contributed by atoms with Crippen molar-refractivity contribution in [3.05, 3.63) is 71.3 Å². The van der Waals surface area contributed by atoms with Crippen LogP contribution in [0, 0.1) is 12.7 Å². The summed E-state index contributed by atoms with van der Waals surface area (Å²) in [6.07, 6.45) is 3.57. The van der Waals surface area contributed by atoms with Crippen LogP contribution in [-0.4, -0.2) is 38.7 Å². The third-order valence-corrected chi connectivity index (χ3v) is 6.18. The Labute approximate surface area is 196 Å². The Bertz CT molecular complexity index is 1340. The minimum atomic E-state index is -0.533. The topological polar surface area (TPSA) is 111 Å². The van der Waals surface area contributed by atoms with E-state index in [0.29, 0.717) is 5.82 Å². The first-order valence-electron chi connectivity index (χ1n) is 11.3. The largest absolute Gasteiger partial charge is 0.383 e. The van der Waals surface area contributed by atoms with Crippen LogP contribution in [-0.2, 0) is 6.54 Å². The molecule has 1 saturated heterocycles. The van der Waals surface area contributed by atoms with Gasteiger partial charge in [-0.1, -0.05) is 35.9 Å². The summed E-state index contributed by atoms with van der Waals surface area (Å²) in [5.74, 6) is -0.582. The van der Waals surface area contributed by atoms with Gasteiger partial charge in [-0.25, -0.2) is 19.0 Å². The number of nitrogen functional groups attached to an aromatic ring is 1. The maximum atomic E-state index is 14.0. The molecule has 3 heterocycles. The van der Waals surface area contributed by atoms with Crippen LogP contribution in [0.2, 0.25) is 0 Å². The van der Waals surface area contributed by atoms with E-state index in [1.807, 2.05) is 35.9 Å². The first kappa shape index (κ1) is 22.0. The minimum Gasteiger partial charge on any atom is -0.383 e. The number of nitrogens with one attached hydrogen (secondary N) is 2. The normalized spacial score (nSPS) is 16.0. The van der Waals surface area contributed by atoms with Crippen LogP contribution in [0.5, 0.6) is 0 Å². The van der Waals surface area contributed by atoms with Gasteiger partial charge >= 0.3 is 0 Å². The molecule has 0 bridgehead atoms. The highest BCUT2D eigenvalue weighted by atomic mass is 19.1. The van der Waals surface area contributed by atoms with Gasteiger partial charge in [0.2, 0.25) is 0 Å². The molecule has 8 nitrogen and oxygen atoms in total. The van der Waals surface area contributed by atoms with Crippen molar-refractivity contribution in [2.75, 3.05) is 18.8 Å². The van der Waals surface area contributed by atoms with Crippen LogP contribution in [0.3, 0.4) is 0 Å². The van der Waals surface area contributed by atoms with Crippen molar-refractivity contribution in [3.63, 3.8) is 0 Å². The lowest BCUT2D eigenvalue weighted by Gasteiger charge is -2.23. The number of hydrogen-bond donors (Lipinski definition) is 3. The van der Waals surface area contributed by atoms with Gasteiger partial charge in [-0.3, -0.25) is 4.79 Å². The van der Waals surface area contributed by atoms with Gasteiger partial charge in [-0.05, 0) is 44.0 Å². The zero-order valence-electron chi connectivity index (χ0n) is 18.9. The summed E-state index contributed by atoms with van der Waals surface area (Å²) in [5.41, 5.74) is 10.3. The molecule has 0 aliphatic carbocycles. The minimum absolute atomic E-state index is 0.0429. The third-order valence-electron chi connectivity index (χ3n) is 6.18. The Hall–Kier alpha value is -3.85. The first-order chi connectivity index (χ1) is 16.5. The van der Waals surface area contributed by atoms with Crippen molar-refractivity contribution in [2.45, 2.75) is 32.4 Å². The fourth-order valence-electron chi connectivity index (χ4n) is 4.37. The van der Waals surface area contributed by atoms with Crippen LogP contribution in [0.15, 0.2) is 48.8 Å². The lowest BCUT2D eigenvalue weighted by atomic mass is 10.1. The van der Waals surface area contributed by atoms with Crippen molar-refractivity contribution in [1.82, 2.24) is 30.4 Å². The lowest BCUT2D eigenvalue weighted by Crippen LogP contribution is -2.32. The summed E-state index contributed by atoms with van der Waals surface area (Å²) in [6, 6.07) is 12.4. The highest BCUT2D eigenvalue weighted by molar-refractivity contribution is 5.98. The molecular weight excluding hydrogens is 433 g/mol. The van der Waals surface area contributed by atoms with Crippen molar-refractivity contribution in [3.8, 4) is 11.3 Å². The van der Waals surface area contributed by atoms with E-state index < -0.39 is 11.7 Å². The Morgan fingerprint density at radius 1 is 1.24 bits per heavy atom. The molecule has 174 valence electrons. The second-order valence-electron chi connectivity index (χ2n) is 8.61. The molecule has 1 atom stereocenters. The number of halogens is 1. The van der Waals surface area contributed by atoms with Crippen molar-refractivity contribution in [2.24, 2.45) is 0 Å². The summed E-state index contributed by atoms with van der Waals surface area (Å²) in [4.78, 5) is 21.1. The second-order valence-corrected chi connectivity index (χ2v) is 8.61. The maximum absolute atomic E-state index is 14.0. The van der Waals surface area contributed by atoms with E-state index in [-0.39, 0.29) is 18.2 Å². The number of benzene rings is 2. The van der Waals surface area contributed by atoms with Gasteiger partial charge in [-0.2, -0.15) is 5.10 Å². The predicted molar refractivity (Wildman–Crippen MR) is 129 cm³/mol. The number of hydrogen-bond acceptors (Lipinski definition) is 6. The first-order valence-corrected chi connectivity index (χ1v) is 11.3. The number of piperidine rings is 1. The molecule has 1 amide bonds. The van der Waals surface area contributed by atoms with E-state index in [1.54, 1.807) is 12.1 Å². The monoisotopic (exact) mass is 459 g/mol. The fourth-order valence-corrected chi connectivity index (χ4v) is 4.37. The van der Waals surface area contributed by atoms with E-state index in [9.17, 15) is 9.18 Å². The zero-order valence-corrected chi connectivity index (χ0v) is 18.9. The summed E-state index contributed by atoms with van der Waals surface area (Å²) in [5, 5.41) is 11.8. The number of aryl methyl sites for hydroxylation is 1. The molecule has 4 aromatic rings. The molecule has 34 heavy (non-hydrogen) atoms. The van der Waals surface area contributed by atoms with Gasteiger partial charge < -0.3 is 16.4 Å². The van der Waals surface area contributed by atoms with Gasteiger partial charge in [-0.15, -0.1) is 0 Å². The number of anilines is 1. The zero-order chi connectivity index (χ0) is 23.7. The van der Waals surface area contributed by atoms with Crippen LogP contribution >= 0.6 is 0 Å². The molecule has 2 aromatic carbocycles. The van der Waals surface area contributed by atoms with Gasteiger partial charge in [0.25, 0.3) is 5.91 Å². The van der Waals surface area contributed by atoms with Gasteiger partial charge in [0.1, 0.15) is 23.7 Å². The summed E-state index contributed by atoms with van der Waals surface area (Å²) in [6.45, 7) is 3.94. The molecule has 4 N–H and O–H groups in total. The molecule has 0 unspecified atom stereocenters. The molecule has 5 rings (SSSR count). The number of nitrogens with zero attached hydrogens (tertiary/aromatic N) is 4. The molecular formula is C25H26FN7O. The molecule has 9 heteroatoms. The van der Waals surface area contributed by atoms with Crippen LogP contribution in [0.4, 0.5) is 10.2 Å². The van der Waals surface area contributed by atoms with Crippen molar-refractivity contribution < 1.29 is 9.18 Å². The van der Waals surface area contributed by atoms with Crippen molar-refractivity contribution >= 4 is 22.8 Å². The number of nitrogens with two attached hydrogens (primary N) is 1. The number of amides is 1. The summed E-state index contributed by atoms with van der Waals surface area (Å²) < 4.78 is 15.9. The molecule has 1 aliphatic heterocycles. The summed E-state index contributed by atoms with van der Waals surface area (Å²) in [7, 11) is 0. The van der Waals surface area contributed by atoms with E-state index in [2.05, 4.69) is 20.6 Å². The quantitative estimate of drug-likeness (QED) is 0.422. The number of carbonyl (C=O) groups excluding carboxylic acids is 1. The van der Waals surface area contributed by atoms with E-state index >= 15 is 0 Å². The number of aromatic nitrogens is 4. The smallest absolute Gasteiger partial charge is 0.254 e. The van der Waals surface area contributed by atoms with Gasteiger partial charge in [0, 0.05) is 18.7 Å². The van der Waals surface area contributed by atoms with Gasteiger partial charge in [0.15, 0.2) is 5.65 Å². The molecule has 2 aromatic heterocycles. The van der Waals surface area contributed by atoms with Crippen molar-refractivity contribution in [1.29, 1.82) is 0 Å². The average Bonchev–Trinajstić information content (AvgIpc) is 3.26.